The van der Waals surface area contributed by atoms with E-state index in [1.165, 1.54) is 24.0 Å². The van der Waals surface area contributed by atoms with Crippen LogP contribution in [0.15, 0.2) is 48.5 Å². The monoisotopic (exact) mass is 364 g/mol. The van der Waals surface area contributed by atoms with Gasteiger partial charge in [-0.2, -0.15) is 0 Å². The number of aryl methyl sites for hydroxylation is 2. The van der Waals surface area contributed by atoms with Crippen molar-refractivity contribution < 1.29 is 9.53 Å². The molecule has 0 bridgehead atoms. The zero-order chi connectivity index (χ0) is 18.5. The Morgan fingerprint density at radius 1 is 1.00 bits per heavy atom. The number of morpholine rings is 1. The molecule has 1 fully saturated rings. The van der Waals surface area contributed by atoms with E-state index in [1.54, 1.807) is 0 Å². The second-order valence-corrected chi connectivity index (χ2v) is 7.54. The van der Waals surface area contributed by atoms with Crippen LogP contribution in [-0.4, -0.2) is 43.7 Å². The van der Waals surface area contributed by atoms with Gasteiger partial charge in [0.05, 0.1) is 19.3 Å². The number of nitrogens with zero attached hydrogens (tertiary/aromatic N) is 1. The first kappa shape index (κ1) is 18.2. The van der Waals surface area contributed by atoms with Gasteiger partial charge in [-0.15, -0.1) is 0 Å². The van der Waals surface area contributed by atoms with E-state index in [2.05, 4.69) is 34.5 Å². The van der Waals surface area contributed by atoms with Gasteiger partial charge in [-0.05, 0) is 54.5 Å². The fraction of sp³-hybridized carbons (Fsp3) is 0.435. The van der Waals surface area contributed by atoms with Gasteiger partial charge in [-0.25, -0.2) is 0 Å². The molecule has 1 atom stereocenters. The van der Waals surface area contributed by atoms with Crippen LogP contribution in [0.5, 0.6) is 0 Å². The minimum atomic E-state index is -0.0205. The van der Waals surface area contributed by atoms with Crippen LogP contribution in [0.4, 0.5) is 0 Å². The van der Waals surface area contributed by atoms with Gasteiger partial charge in [0.2, 0.25) is 0 Å². The quantitative estimate of drug-likeness (QED) is 0.884. The van der Waals surface area contributed by atoms with Crippen LogP contribution < -0.4 is 5.32 Å². The second kappa shape index (κ2) is 8.68. The highest BCUT2D eigenvalue weighted by Gasteiger charge is 2.21. The van der Waals surface area contributed by atoms with Crippen LogP contribution in [0.3, 0.4) is 0 Å². The van der Waals surface area contributed by atoms with E-state index >= 15 is 0 Å². The van der Waals surface area contributed by atoms with Crippen molar-refractivity contribution in [3.05, 3.63) is 70.8 Å². The molecule has 27 heavy (non-hydrogen) atoms. The molecule has 4 rings (SSSR count). The number of benzene rings is 2. The summed E-state index contributed by atoms with van der Waals surface area (Å²) in [5, 5.41) is 3.28. The van der Waals surface area contributed by atoms with E-state index < -0.39 is 0 Å². The minimum Gasteiger partial charge on any atom is -0.379 e. The lowest BCUT2D eigenvalue weighted by Crippen LogP contribution is -2.43. The normalized spacial score (nSPS) is 18.5. The largest absolute Gasteiger partial charge is 0.379 e. The second-order valence-electron chi connectivity index (χ2n) is 7.54. The van der Waals surface area contributed by atoms with Crippen molar-refractivity contribution >= 4 is 5.91 Å². The van der Waals surface area contributed by atoms with E-state index in [0.29, 0.717) is 0 Å². The fourth-order valence-electron chi connectivity index (χ4n) is 4.08. The molecule has 0 spiro atoms. The highest BCUT2D eigenvalue weighted by Crippen LogP contribution is 2.23. The van der Waals surface area contributed by atoms with Gasteiger partial charge in [-0.3, -0.25) is 9.69 Å². The predicted octanol–water partition coefficient (Wildman–Crippen LogP) is 3.37. The molecule has 0 saturated carbocycles. The Morgan fingerprint density at radius 2 is 1.74 bits per heavy atom. The summed E-state index contributed by atoms with van der Waals surface area (Å²) < 4.78 is 5.46. The molecule has 1 aliphatic carbocycles. The van der Waals surface area contributed by atoms with Gasteiger partial charge in [0.1, 0.15) is 0 Å². The number of ether oxygens (including phenoxy) is 1. The summed E-state index contributed by atoms with van der Waals surface area (Å²) in [6, 6.07) is 16.5. The van der Waals surface area contributed by atoms with Crippen LogP contribution in [0.2, 0.25) is 0 Å². The van der Waals surface area contributed by atoms with Gasteiger partial charge < -0.3 is 10.1 Å². The first-order valence-electron chi connectivity index (χ1n) is 10.1. The van der Waals surface area contributed by atoms with Gasteiger partial charge in [-0.1, -0.05) is 36.4 Å². The number of hydrogen-bond donors (Lipinski definition) is 1. The molecule has 4 heteroatoms. The summed E-state index contributed by atoms with van der Waals surface area (Å²) in [7, 11) is 0. The molecule has 1 amide bonds. The van der Waals surface area contributed by atoms with E-state index in [4.69, 9.17) is 4.74 Å². The lowest BCUT2D eigenvalue weighted by Gasteiger charge is -2.31. The Balaban J connectivity index is 1.50. The molecule has 1 saturated heterocycles. The molecule has 4 nitrogen and oxygen atoms in total. The van der Waals surface area contributed by atoms with E-state index in [0.717, 1.165) is 56.8 Å². The van der Waals surface area contributed by atoms with Crippen molar-refractivity contribution in [2.75, 3.05) is 32.8 Å². The summed E-state index contributed by atoms with van der Waals surface area (Å²) in [6.07, 6.45) is 4.71. The third kappa shape index (κ3) is 4.57. The summed E-state index contributed by atoms with van der Waals surface area (Å²) in [5.41, 5.74) is 4.68. The molecule has 0 unspecified atom stereocenters. The first-order chi connectivity index (χ1) is 13.3. The number of rotatable bonds is 5. The van der Waals surface area contributed by atoms with Crippen LogP contribution in [0.1, 0.15) is 45.9 Å². The Bertz CT molecular complexity index is 769. The van der Waals surface area contributed by atoms with Crippen LogP contribution in [0, 0.1) is 0 Å². The molecule has 1 heterocycles. The number of hydrogen-bond acceptors (Lipinski definition) is 3. The maximum absolute atomic E-state index is 13.0. The molecule has 1 N–H and O–H groups in total. The number of carbonyl (C=O) groups excluding carboxylic acids is 1. The van der Waals surface area contributed by atoms with E-state index in [9.17, 15) is 4.79 Å². The maximum Gasteiger partial charge on any atom is 0.251 e. The number of amides is 1. The predicted molar refractivity (Wildman–Crippen MR) is 107 cm³/mol. The van der Waals surface area contributed by atoms with Crippen molar-refractivity contribution in [3.63, 3.8) is 0 Å². The Labute approximate surface area is 161 Å². The lowest BCUT2D eigenvalue weighted by molar-refractivity contribution is 0.0332. The van der Waals surface area contributed by atoms with Crippen LogP contribution >= 0.6 is 0 Å². The van der Waals surface area contributed by atoms with E-state index in [-0.39, 0.29) is 11.9 Å². The van der Waals surface area contributed by atoms with Gasteiger partial charge in [0, 0.05) is 25.2 Å². The zero-order valence-electron chi connectivity index (χ0n) is 15.8. The smallest absolute Gasteiger partial charge is 0.251 e. The minimum absolute atomic E-state index is 0.0190. The van der Waals surface area contributed by atoms with Crippen LogP contribution in [-0.2, 0) is 17.6 Å². The van der Waals surface area contributed by atoms with Crippen molar-refractivity contribution in [1.82, 2.24) is 10.2 Å². The molecular weight excluding hydrogens is 336 g/mol. The molecule has 142 valence electrons. The zero-order valence-corrected chi connectivity index (χ0v) is 15.8. The van der Waals surface area contributed by atoms with E-state index in [1.807, 2.05) is 24.3 Å². The van der Waals surface area contributed by atoms with Crippen molar-refractivity contribution in [2.45, 2.75) is 31.7 Å². The van der Waals surface area contributed by atoms with Gasteiger partial charge >= 0.3 is 0 Å². The van der Waals surface area contributed by atoms with Crippen LogP contribution in [0.25, 0.3) is 0 Å². The number of fused-ring (bicyclic) bond motifs is 1. The van der Waals surface area contributed by atoms with Crippen molar-refractivity contribution in [2.24, 2.45) is 0 Å². The van der Waals surface area contributed by atoms with Crippen molar-refractivity contribution in [1.29, 1.82) is 0 Å². The molecule has 1 aliphatic heterocycles. The average molecular weight is 364 g/mol. The topological polar surface area (TPSA) is 41.6 Å². The van der Waals surface area contributed by atoms with Crippen molar-refractivity contribution in [3.8, 4) is 0 Å². The molecule has 2 aliphatic rings. The molecular formula is C23H28N2O2. The fourth-order valence-corrected chi connectivity index (χ4v) is 4.08. The third-order valence-electron chi connectivity index (χ3n) is 5.66. The molecule has 2 aromatic carbocycles. The summed E-state index contributed by atoms with van der Waals surface area (Å²) in [5.74, 6) is 0.0190. The summed E-state index contributed by atoms with van der Waals surface area (Å²) >= 11 is 0. The molecule has 2 aromatic rings. The first-order valence-corrected chi connectivity index (χ1v) is 10.1. The number of nitrogens with one attached hydrogen (secondary N) is 1. The highest BCUT2D eigenvalue weighted by atomic mass is 16.5. The summed E-state index contributed by atoms with van der Waals surface area (Å²) in [4.78, 5) is 15.4. The third-order valence-corrected chi connectivity index (χ3v) is 5.66. The average Bonchev–Trinajstić information content (AvgIpc) is 2.74. The SMILES string of the molecule is O=C(N[C@@H](CN1CCOCC1)c1ccccc1)c1ccc2c(c1)CCCC2. The Morgan fingerprint density at radius 3 is 2.52 bits per heavy atom. The Hall–Kier alpha value is -2.17. The van der Waals surface area contributed by atoms with Gasteiger partial charge in [0.25, 0.3) is 5.91 Å². The Kier molecular flexibility index (Phi) is 5.85. The highest BCUT2D eigenvalue weighted by molar-refractivity contribution is 5.94. The molecule has 0 radical (unpaired) electrons. The molecule has 0 aromatic heterocycles. The standard InChI is InChI=1S/C23H28N2O2/c26-23(21-11-10-18-6-4-5-9-20(18)16-21)24-22(19-7-2-1-3-8-19)17-25-12-14-27-15-13-25/h1-3,7-8,10-11,16,22H,4-6,9,12-15,17H2,(H,24,26)/t22-/m0/s1. The number of carbonyl (C=O) groups is 1. The maximum atomic E-state index is 13.0. The van der Waals surface area contributed by atoms with Gasteiger partial charge in [0.15, 0.2) is 0 Å². The summed E-state index contributed by atoms with van der Waals surface area (Å²) in [6.45, 7) is 4.17. The lowest BCUT2D eigenvalue weighted by atomic mass is 9.90.